The van der Waals surface area contributed by atoms with Crippen LogP contribution in [0, 0.1) is 0 Å². The Balaban J connectivity index is 1.46. The lowest BCUT2D eigenvalue weighted by atomic mass is 10.1. The quantitative estimate of drug-likeness (QED) is 0.577. The number of rotatable bonds is 5. The highest BCUT2D eigenvalue weighted by atomic mass is 16.5. The number of nitrogens with zero attached hydrogens (tertiary/aromatic N) is 2. The minimum Gasteiger partial charge on any atom is -0.493 e. The van der Waals surface area contributed by atoms with Crippen LogP contribution in [0.15, 0.2) is 66.7 Å². The predicted molar refractivity (Wildman–Crippen MR) is 120 cm³/mol. The van der Waals surface area contributed by atoms with Crippen LogP contribution in [-0.2, 0) is 13.0 Å². The molecule has 2 heterocycles. The number of ether oxygens (including phenoxy) is 1. The van der Waals surface area contributed by atoms with E-state index in [2.05, 4.69) is 0 Å². The number of para-hydroxylation sites is 1. The van der Waals surface area contributed by atoms with Gasteiger partial charge >= 0.3 is 0 Å². The molecule has 5 rings (SSSR count). The van der Waals surface area contributed by atoms with Crippen molar-refractivity contribution in [3.05, 3.63) is 94.5 Å². The van der Waals surface area contributed by atoms with Crippen LogP contribution in [0.25, 0.3) is 0 Å². The lowest BCUT2D eigenvalue weighted by Gasteiger charge is -2.21. The first-order valence-electron chi connectivity index (χ1n) is 10.7. The maximum absolute atomic E-state index is 13.5. The summed E-state index contributed by atoms with van der Waals surface area (Å²) in [5.41, 5.74) is 3.99. The molecule has 0 aliphatic carbocycles. The Bertz CT molecular complexity index is 1220. The summed E-state index contributed by atoms with van der Waals surface area (Å²) in [6.07, 6.45) is 0.806. The van der Waals surface area contributed by atoms with Gasteiger partial charge in [-0.05, 0) is 54.8 Å². The maximum atomic E-state index is 13.5. The molecule has 6 heteroatoms. The maximum Gasteiger partial charge on any atom is 0.262 e. The number of anilines is 1. The number of fused-ring (bicyclic) bond motifs is 2. The summed E-state index contributed by atoms with van der Waals surface area (Å²) < 4.78 is 5.73. The number of hydrogen-bond acceptors (Lipinski definition) is 4. The van der Waals surface area contributed by atoms with Crippen LogP contribution in [0.1, 0.15) is 49.1 Å². The largest absolute Gasteiger partial charge is 0.493 e. The zero-order chi connectivity index (χ0) is 22.2. The summed E-state index contributed by atoms with van der Waals surface area (Å²) in [4.78, 5) is 42.0. The van der Waals surface area contributed by atoms with Crippen LogP contribution in [0.4, 0.5) is 5.69 Å². The minimum absolute atomic E-state index is 0.0929. The molecule has 3 aromatic carbocycles. The third kappa shape index (κ3) is 3.24. The van der Waals surface area contributed by atoms with Crippen LogP contribution in [-0.4, -0.2) is 35.8 Å². The number of hydrogen-bond donors (Lipinski definition) is 0. The lowest BCUT2D eigenvalue weighted by Crippen LogP contribution is -2.31. The highest BCUT2D eigenvalue weighted by Gasteiger charge is 2.35. The highest BCUT2D eigenvalue weighted by Crippen LogP contribution is 2.32. The molecule has 0 radical (unpaired) electrons. The van der Waals surface area contributed by atoms with Gasteiger partial charge in [-0.25, -0.2) is 0 Å². The smallest absolute Gasteiger partial charge is 0.262 e. The first kappa shape index (κ1) is 20.0. The molecule has 0 spiro atoms. The van der Waals surface area contributed by atoms with Gasteiger partial charge in [0, 0.05) is 12.2 Å². The second-order valence-electron chi connectivity index (χ2n) is 7.84. The fourth-order valence-electron chi connectivity index (χ4n) is 4.38. The molecular weight excluding hydrogens is 404 g/mol. The first-order valence-corrected chi connectivity index (χ1v) is 10.7. The van der Waals surface area contributed by atoms with Crippen LogP contribution in [0.2, 0.25) is 0 Å². The average Bonchev–Trinajstić information content (AvgIpc) is 3.35. The van der Waals surface area contributed by atoms with Gasteiger partial charge in [-0.2, -0.15) is 0 Å². The minimum atomic E-state index is -0.319. The Morgan fingerprint density at radius 3 is 2.34 bits per heavy atom. The summed E-state index contributed by atoms with van der Waals surface area (Å²) in [6.45, 7) is 2.99. The number of carbonyl (C=O) groups excluding carboxylic acids is 3. The van der Waals surface area contributed by atoms with Crippen LogP contribution in [0.5, 0.6) is 5.75 Å². The Labute approximate surface area is 186 Å². The van der Waals surface area contributed by atoms with Gasteiger partial charge in [0.15, 0.2) is 0 Å². The SMILES string of the molecule is CCOc1ccc(CN2C(=O)c3ccccc3C2=O)cc1C(=O)N1CCc2ccccc21. The third-order valence-electron chi connectivity index (χ3n) is 5.93. The molecule has 160 valence electrons. The van der Waals surface area contributed by atoms with Crippen LogP contribution >= 0.6 is 0 Å². The van der Waals surface area contributed by atoms with Crippen molar-refractivity contribution in [3.8, 4) is 5.75 Å². The molecule has 0 saturated heterocycles. The summed E-state index contributed by atoms with van der Waals surface area (Å²) in [5, 5.41) is 0. The molecule has 32 heavy (non-hydrogen) atoms. The van der Waals surface area contributed by atoms with Gasteiger partial charge in [0.2, 0.25) is 0 Å². The normalized spacial score (nSPS) is 14.5. The highest BCUT2D eigenvalue weighted by molar-refractivity contribution is 6.21. The van der Waals surface area contributed by atoms with Crippen LogP contribution in [0.3, 0.4) is 0 Å². The van der Waals surface area contributed by atoms with Crippen LogP contribution < -0.4 is 9.64 Å². The van der Waals surface area contributed by atoms with E-state index in [4.69, 9.17) is 4.74 Å². The molecule has 0 N–H and O–H groups in total. The van der Waals surface area contributed by atoms with E-state index in [1.807, 2.05) is 31.2 Å². The number of benzene rings is 3. The topological polar surface area (TPSA) is 66.9 Å². The van der Waals surface area contributed by atoms with E-state index in [0.717, 1.165) is 17.7 Å². The second-order valence-corrected chi connectivity index (χ2v) is 7.84. The summed E-state index contributed by atoms with van der Waals surface area (Å²) >= 11 is 0. The number of imide groups is 1. The Morgan fingerprint density at radius 2 is 1.62 bits per heavy atom. The van der Waals surface area contributed by atoms with Crippen molar-refractivity contribution in [2.24, 2.45) is 0 Å². The molecule has 0 atom stereocenters. The molecule has 6 nitrogen and oxygen atoms in total. The van der Waals surface area contributed by atoms with Crippen molar-refractivity contribution in [2.75, 3.05) is 18.1 Å². The third-order valence-corrected chi connectivity index (χ3v) is 5.93. The first-order chi connectivity index (χ1) is 15.6. The second kappa shape index (κ2) is 7.96. The van der Waals surface area contributed by atoms with Crippen molar-refractivity contribution in [2.45, 2.75) is 19.9 Å². The Hall–Kier alpha value is -3.93. The van der Waals surface area contributed by atoms with Crippen molar-refractivity contribution < 1.29 is 19.1 Å². The molecule has 0 aromatic heterocycles. The Kier molecular flexibility index (Phi) is 4.98. The molecular formula is C26H22N2O4. The van der Waals surface area contributed by atoms with Gasteiger partial charge < -0.3 is 9.64 Å². The van der Waals surface area contributed by atoms with Crippen molar-refractivity contribution in [1.82, 2.24) is 4.90 Å². The van der Waals surface area contributed by atoms with Crippen molar-refractivity contribution in [3.63, 3.8) is 0 Å². The predicted octanol–water partition coefficient (Wildman–Crippen LogP) is 4.08. The number of amides is 3. The van der Waals surface area contributed by atoms with E-state index in [1.54, 1.807) is 47.4 Å². The summed E-state index contributed by atoms with van der Waals surface area (Å²) in [5.74, 6) is -0.294. The molecule has 0 saturated carbocycles. The van der Waals surface area contributed by atoms with E-state index in [0.29, 0.717) is 41.2 Å². The van der Waals surface area contributed by atoms with Gasteiger partial charge in [-0.3, -0.25) is 19.3 Å². The number of carbonyl (C=O) groups is 3. The fraction of sp³-hybridized carbons (Fsp3) is 0.192. The lowest BCUT2D eigenvalue weighted by molar-refractivity contribution is 0.0642. The van der Waals surface area contributed by atoms with E-state index >= 15 is 0 Å². The zero-order valence-electron chi connectivity index (χ0n) is 17.7. The molecule has 0 bridgehead atoms. The molecule has 3 amide bonds. The average molecular weight is 426 g/mol. The van der Waals surface area contributed by atoms with Crippen molar-refractivity contribution in [1.29, 1.82) is 0 Å². The van der Waals surface area contributed by atoms with Gasteiger partial charge in [0.05, 0.1) is 29.8 Å². The van der Waals surface area contributed by atoms with E-state index < -0.39 is 0 Å². The van der Waals surface area contributed by atoms with Crippen molar-refractivity contribution >= 4 is 23.4 Å². The summed E-state index contributed by atoms with van der Waals surface area (Å²) in [6, 6.07) is 20.0. The van der Waals surface area contributed by atoms with E-state index in [9.17, 15) is 14.4 Å². The molecule has 2 aliphatic heterocycles. The van der Waals surface area contributed by atoms with Gasteiger partial charge in [0.25, 0.3) is 17.7 Å². The standard InChI is InChI=1S/C26H22N2O4/c1-2-32-23-12-11-17(16-28-24(29)19-8-4-5-9-20(19)25(28)30)15-21(23)26(31)27-14-13-18-7-3-6-10-22(18)27/h3-12,15H,2,13-14,16H2,1H3. The van der Waals surface area contributed by atoms with E-state index in [1.165, 1.54) is 4.90 Å². The van der Waals surface area contributed by atoms with E-state index in [-0.39, 0.29) is 24.3 Å². The molecule has 0 fully saturated rings. The fourth-order valence-corrected chi connectivity index (χ4v) is 4.38. The summed E-state index contributed by atoms with van der Waals surface area (Å²) in [7, 11) is 0. The van der Waals surface area contributed by atoms with Gasteiger partial charge in [0.1, 0.15) is 5.75 Å². The zero-order valence-corrected chi connectivity index (χ0v) is 17.7. The molecule has 2 aliphatic rings. The van der Waals surface area contributed by atoms with Gasteiger partial charge in [-0.15, -0.1) is 0 Å². The Morgan fingerprint density at radius 1 is 0.938 bits per heavy atom. The van der Waals surface area contributed by atoms with Gasteiger partial charge in [-0.1, -0.05) is 36.4 Å². The molecule has 0 unspecified atom stereocenters. The molecule has 3 aromatic rings. The monoisotopic (exact) mass is 426 g/mol.